The van der Waals surface area contributed by atoms with Gasteiger partial charge < -0.3 is 5.11 Å². The van der Waals surface area contributed by atoms with Crippen molar-refractivity contribution in [2.45, 2.75) is 25.4 Å². The van der Waals surface area contributed by atoms with Gasteiger partial charge in [0.05, 0.1) is 5.56 Å². The summed E-state index contributed by atoms with van der Waals surface area (Å²) in [6.07, 6.45) is 1.77. The van der Waals surface area contributed by atoms with Crippen molar-refractivity contribution in [2.75, 3.05) is 0 Å². The monoisotopic (exact) mass is 270 g/mol. The van der Waals surface area contributed by atoms with Crippen molar-refractivity contribution in [1.82, 2.24) is 9.44 Å². The molecule has 1 aliphatic rings. The van der Waals surface area contributed by atoms with Crippen LogP contribution in [0, 0.1) is 0 Å². The average Bonchev–Trinajstić information content (AvgIpc) is 3.10. The first-order valence-corrected chi connectivity index (χ1v) is 7.04. The van der Waals surface area contributed by atoms with Crippen LogP contribution in [-0.2, 0) is 16.8 Å². The summed E-state index contributed by atoms with van der Waals surface area (Å²) in [5.74, 6) is -1.00. The van der Waals surface area contributed by atoms with Crippen LogP contribution >= 0.6 is 0 Å². The van der Waals surface area contributed by atoms with Gasteiger partial charge in [0.25, 0.3) is 10.2 Å². The quantitative estimate of drug-likeness (QED) is 0.700. The number of nitrogens with one attached hydrogen (secondary N) is 2. The molecular weight excluding hydrogens is 256 g/mol. The third-order valence-electron chi connectivity index (χ3n) is 2.57. The Morgan fingerprint density at radius 2 is 1.89 bits per heavy atom. The zero-order chi connectivity index (χ0) is 13.2. The van der Waals surface area contributed by atoms with Gasteiger partial charge >= 0.3 is 5.97 Å². The minimum atomic E-state index is -3.46. The highest BCUT2D eigenvalue weighted by Crippen LogP contribution is 2.19. The van der Waals surface area contributed by atoms with Gasteiger partial charge in [0.15, 0.2) is 0 Å². The predicted octanol–water partition coefficient (Wildman–Crippen LogP) is 0.471. The first-order valence-electron chi connectivity index (χ1n) is 5.55. The highest BCUT2D eigenvalue weighted by molar-refractivity contribution is 7.87. The minimum Gasteiger partial charge on any atom is -0.478 e. The van der Waals surface area contributed by atoms with E-state index in [9.17, 15) is 13.2 Å². The summed E-state index contributed by atoms with van der Waals surface area (Å²) in [5, 5.41) is 8.72. The van der Waals surface area contributed by atoms with Gasteiger partial charge in [-0.05, 0) is 30.5 Å². The standard InChI is InChI=1S/C11H14N2O4S/c14-11(15)9-3-1-8(2-4-9)7-12-18(16,17)13-10-5-6-10/h1-4,10,12-13H,5-7H2,(H,14,15). The first-order chi connectivity index (χ1) is 8.46. The summed E-state index contributed by atoms with van der Waals surface area (Å²) < 4.78 is 27.9. The molecule has 1 fully saturated rings. The van der Waals surface area contributed by atoms with Crippen LogP contribution in [0.15, 0.2) is 24.3 Å². The van der Waals surface area contributed by atoms with Crippen LogP contribution in [0.1, 0.15) is 28.8 Å². The molecule has 0 aliphatic heterocycles. The number of hydrogen-bond acceptors (Lipinski definition) is 3. The molecule has 0 atom stereocenters. The molecule has 0 bridgehead atoms. The van der Waals surface area contributed by atoms with E-state index in [0.29, 0.717) is 5.56 Å². The maximum Gasteiger partial charge on any atom is 0.335 e. The van der Waals surface area contributed by atoms with Crippen LogP contribution in [0.25, 0.3) is 0 Å². The molecule has 3 N–H and O–H groups in total. The minimum absolute atomic E-state index is 0.0666. The SMILES string of the molecule is O=C(O)c1ccc(CNS(=O)(=O)NC2CC2)cc1. The number of carboxylic acid groups (broad SMARTS) is 1. The van der Waals surface area contributed by atoms with Crippen molar-refractivity contribution < 1.29 is 18.3 Å². The maximum atomic E-state index is 11.5. The van der Waals surface area contributed by atoms with Crippen LogP contribution in [0.4, 0.5) is 0 Å². The number of rotatable bonds is 6. The molecule has 0 unspecified atom stereocenters. The summed E-state index contributed by atoms with van der Waals surface area (Å²) in [6.45, 7) is 0.141. The number of aromatic carboxylic acids is 1. The molecule has 18 heavy (non-hydrogen) atoms. The van der Waals surface area contributed by atoms with E-state index in [0.717, 1.165) is 12.8 Å². The van der Waals surface area contributed by atoms with Crippen molar-refractivity contribution in [3.8, 4) is 0 Å². The molecular formula is C11H14N2O4S. The summed E-state index contributed by atoms with van der Waals surface area (Å²) in [7, 11) is -3.46. The molecule has 0 amide bonds. The molecule has 1 aliphatic carbocycles. The highest BCUT2D eigenvalue weighted by atomic mass is 32.2. The van der Waals surface area contributed by atoms with Gasteiger partial charge in [0.1, 0.15) is 0 Å². The first kappa shape index (κ1) is 13.0. The Hall–Kier alpha value is -1.44. The third-order valence-corrected chi connectivity index (χ3v) is 3.73. The van der Waals surface area contributed by atoms with Gasteiger partial charge in [-0.15, -0.1) is 0 Å². The molecule has 1 aromatic rings. The molecule has 98 valence electrons. The second-order valence-corrected chi connectivity index (χ2v) is 5.75. The molecule has 0 aromatic heterocycles. The van der Waals surface area contributed by atoms with Crippen LogP contribution < -0.4 is 9.44 Å². The molecule has 0 spiro atoms. The molecule has 1 aromatic carbocycles. The van der Waals surface area contributed by atoms with Crippen molar-refractivity contribution >= 4 is 16.2 Å². The molecule has 0 heterocycles. The van der Waals surface area contributed by atoms with E-state index >= 15 is 0 Å². The van der Waals surface area contributed by atoms with Crippen LogP contribution in [0.3, 0.4) is 0 Å². The van der Waals surface area contributed by atoms with Gasteiger partial charge in [-0.1, -0.05) is 12.1 Å². The molecule has 1 saturated carbocycles. The molecule has 2 rings (SSSR count). The van der Waals surface area contributed by atoms with Crippen LogP contribution in [-0.4, -0.2) is 25.5 Å². The predicted molar refractivity (Wildman–Crippen MR) is 65.3 cm³/mol. The Kier molecular flexibility index (Phi) is 3.65. The van der Waals surface area contributed by atoms with Crippen molar-refractivity contribution in [2.24, 2.45) is 0 Å². The van der Waals surface area contributed by atoms with Crippen LogP contribution in [0.2, 0.25) is 0 Å². The molecule has 7 heteroatoms. The topological polar surface area (TPSA) is 95.5 Å². The fourth-order valence-electron chi connectivity index (χ4n) is 1.41. The summed E-state index contributed by atoms with van der Waals surface area (Å²) in [4.78, 5) is 10.6. The summed E-state index contributed by atoms with van der Waals surface area (Å²) in [6, 6.07) is 6.13. The van der Waals surface area contributed by atoms with Gasteiger partial charge in [-0.2, -0.15) is 17.9 Å². The van der Waals surface area contributed by atoms with E-state index in [2.05, 4.69) is 9.44 Å². The summed E-state index contributed by atoms with van der Waals surface area (Å²) >= 11 is 0. The Bertz CT molecular complexity index is 535. The number of benzene rings is 1. The fourth-order valence-corrected chi connectivity index (χ4v) is 2.52. The van der Waals surface area contributed by atoms with Crippen LogP contribution in [0.5, 0.6) is 0 Å². The maximum absolute atomic E-state index is 11.5. The van der Waals surface area contributed by atoms with Crippen molar-refractivity contribution in [3.63, 3.8) is 0 Å². The smallest absolute Gasteiger partial charge is 0.335 e. The van der Waals surface area contributed by atoms with E-state index in [4.69, 9.17) is 5.11 Å². The Morgan fingerprint density at radius 3 is 2.39 bits per heavy atom. The van der Waals surface area contributed by atoms with E-state index in [1.165, 1.54) is 12.1 Å². The number of carbonyl (C=O) groups is 1. The zero-order valence-corrected chi connectivity index (χ0v) is 10.4. The highest BCUT2D eigenvalue weighted by Gasteiger charge is 2.26. The van der Waals surface area contributed by atoms with Gasteiger partial charge in [-0.25, -0.2) is 4.79 Å². The lowest BCUT2D eigenvalue weighted by atomic mass is 10.1. The number of hydrogen-bond donors (Lipinski definition) is 3. The van der Waals surface area contributed by atoms with E-state index in [1.807, 2.05) is 0 Å². The lowest BCUT2D eigenvalue weighted by Gasteiger charge is -2.07. The third kappa shape index (κ3) is 3.80. The van der Waals surface area contributed by atoms with Gasteiger partial charge in [-0.3, -0.25) is 0 Å². The lowest BCUT2D eigenvalue weighted by molar-refractivity contribution is 0.0697. The zero-order valence-electron chi connectivity index (χ0n) is 9.59. The Labute approximate surface area is 105 Å². The molecule has 6 nitrogen and oxygen atoms in total. The fraction of sp³-hybridized carbons (Fsp3) is 0.364. The lowest BCUT2D eigenvalue weighted by Crippen LogP contribution is -2.37. The largest absolute Gasteiger partial charge is 0.478 e. The van der Waals surface area contributed by atoms with Gasteiger partial charge in [0.2, 0.25) is 0 Å². The summed E-state index contributed by atoms with van der Waals surface area (Å²) in [5.41, 5.74) is 0.888. The second kappa shape index (κ2) is 5.05. The van der Waals surface area contributed by atoms with E-state index in [1.54, 1.807) is 12.1 Å². The number of carboxylic acids is 1. The molecule has 0 saturated heterocycles. The second-order valence-electron chi connectivity index (χ2n) is 4.22. The van der Waals surface area contributed by atoms with Crippen molar-refractivity contribution in [3.05, 3.63) is 35.4 Å². The normalized spacial score (nSPS) is 15.6. The van der Waals surface area contributed by atoms with Crippen molar-refractivity contribution in [1.29, 1.82) is 0 Å². The Balaban J connectivity index is 1.91. The molecule has 0 radical (unpaired) electrons. The van der Waals surface area contributed by atoms with E-state index in [-0.39, 0.29) is 18.2 Å². The average molecular weight is 270 g/mol. The van der Waals surface area contributed by atoms with Gasteiger partial charge in [0, 0.05) is 12.6 Å². The van der Waals surface area contributed by atoms with E-state index < -0.39 is 16.2 Å². The Morgan fingerprint density at radius 1 is 1.28 bits per heavy atom.